The average Bonchev–Trinajstić information content (AvgIpc) is 2.60. The minimum Gasteiger partial charge on any atom is -0.481 e. The van der Waals surface area contributed by atoms with Crippen molar-refractivity contribution in [3.05, 3.63) is 59.7 Å². The van der Waals surface area contributed by atoms with E-state index in [0.29, 0.717) is 12.3 Å². The molecule has 0 fully saturated rings. The van der Waals surface area contributed by atoms with Crippen molar-refractivity contribution in [3.8, 4) is 5.75 Å². The van der Waals surface area contributed by atoms with Crippen LogP contribution in [0.2, 0.25) is 0 Å². The summed E-state index contributed by atoms with van der Waals surface area (Å²) in [4.78, 5) is 14.2. The van der Waals surface area contributed by atoms with E-state index >= 15 is 0 Å². The van der Waals surface area contributed by atoms with Gasteiger partial charge in [0, 0.05) is 26.3 Å². The maximum absolute atomic E-state index is 12.2. The van der Waals surface area contributed by atoms with Crippen LogP contribution in [0.1, 0.15) is 18.1 Å². The van der Waals surface area contributed by atoms with Gasteiger partial charge in [-0.2, -0.15) is 0 Å². The van der Waals surface area contributed by atoms with E-state index in [2.05, 4.69) is 5.32 Å². The van der Waals surface area contributed by atoms with E-state index in [1.54, 1.807) is 31.2 Å². The summed E-state index contributed by atoms with van der Waals surface area (Å²) in [6.45, 7) is 2.10. The lowest BCUT2D eigenvalue weighted by molar-refractivity contribution is -0.127. The number of anilines is 1. The molecule has 0 aromatic heterocycles. The topological polar surface area (TPSA) is 61.8 Å². The van der Waals surface area contributed by atoms with Gasteiger partial charge in [-0.05, 0) is 42.3 Å². The summed E-state index contributed by atoms with van der Waals surface area (Å²) in [6.07, 6.45) is -0.611. The van der Waals surface area contributed by atoms with Gasteiger partial charge in [-0.1, -0.05) is 24.3 Å². The summed E-state index contributed by atoms with van der Waals surface area (Å²) < 4.78 is 5.63. The maximum Gasteiger partial charge on any atom is 0.261 e. The van der Waals surface area contributed by atoms with Crippen molar-refractivity contribution in [2.75, 3.05) is 19.0 Å². The molecule has 2 rings (SSSR count). The summed E-state index contributed by atoms with van der Waals surface area (Å²) >= 11 is 0. The zero-order valence-electron chi connectivity index (χ0n) is 14.3. The fourth-order valence-electron chi connectivity index (χ4n) is 2.22. The van der Waals surface area contributed by atoms with Crippen molar-refractivity contribution in [2.45, 2.75) is 26.2 Å². The molecule has 0 spiro atoms. The highest BCUT2D eigenvalue weighted by Crippen LogP contribution is 2.15. The van der Waals surface area contributed by atoms with Crippen LogP contribution in [0.4, 0.5) is 5.69 Å². The number of hydrogen-bond donors (Lipinski definition) is 2. The molecule has 0 saturated carbocycles. The molecule has 24 heavy (non-hydrogen) atoms. The van der Waals surface area contributed by atoms with Crippen LogP contribution in [0.5, 0.6) is 5.75 Å². The molecule has 1 unspecified atom stereocenters. The summed E-state index contributed by atoms with van der Waals surface area (Å²) in [7, 11) is 3.98. The summed E-state index contributed by atoms with van der Waals surface area (Å²) in [5.74, 6) is 0.389. The van der Waals surface area contributed by atoms with Gasteiger partial charge in [0.15, 0.2) is 6.10 Å². The van der Waals surface area contributed by atoms with Crippen LogP contribution in [0.25, 0.3) is 0 Å². The number of nitrogens with one attached hydrogen (secondary N) is 1. The van der Waals surface area contributed by atoms with Crippen molar-refractivity contribution in [3.63, 3.8) is 0 Å². The number of rotatable bonds is 7. The number of hydrogen-bond acceptors (Lipinski definition) is 4. The number of ether oxygens (including phenoxy) is 1. The number of amides is 1. The van der Waals surface area contributed by atoms with Crippen LogP contribution in [0.15, 0.2) is 48.5 Å². The van der Waals surface area contributed by atoms with Crippen LogP contribution in [-0.2, 0) is 17.9 Å². The fraction of sp³-hybridized carbons (Fsp3) is 0.316. The van der Waals surface area contributed by atoms with E-state index in [-0.39, 0.29) is 12.5 Å². The van der Waals surface area contributed by atoms with E-state index in [1.165, 1.54) is 0 Å². The monoisotopic (exact) mass is 328 g/mol. The molecule has 0 aliphatic rings. The number of benzene rings is 2. The minimum atomic E-state index is -0.611. The number of carbonyl (C=O) groups excluding carboxylic acids is 1. The summed E-state index contributed by atoms with van der Waals surface area (Å²) in [5, 5.41) is 12.0. The molecule has 128 valence electrons. The largest absolute Gasteiger partial charge is 0.481 e. The number of nitrogens with zero attached hydrogens (tertiary/aromatic N) is 1. The van der Waals surface area contributed by atoms with E-state index in [1.807, 2.05) is 43.3 Å². The van der Waals surface area contributed by atoms with Gasteiger partial charge in [-0.15, -0.1) is 0 Å². The zero-order chi connectivity index (χ0) is 17.5. The third-order valence-corrected chi connectivity index (χ3v) is 3.68. The highest BCUT2D eigenvalue weighted by molar-refractivity contribution is 5.80. The van der Waals surface area contributed by atoms with Gasteiger partial charge in [0.2, 0.25) is 0 Å². The Bertz CT molecular complexity index is 669. The Labute approximate surface area is 142 Å². The summed E-state index contributed by atoms with van der Waals surface area (Å²) in [5.41, 5.74) is 2.90. The second kappa shape index (κ2) is 8.36. The van der Waals surface area contributed by atoms with Crippen LogP contribution in [0, 0.1) is 0 Å². The fourth-order valence-corrected chi connectivity index (χ4v) is 2.22. The van der Waals surface area contributed by atoms with E-state index in [9.17, 15) is 4.79 Å². The Morgan fingerprint density at radius 3 is 2.50 bits per heavy atom. The molecule has 0 aliphatic carbocycles. The van der Waals surface area contributed by atoms with Crippen LogP contribution in [-0.4, -0.2) is 31.2 Å². The Morgan fingerprint density at radius 2 is 1.88 bits per heavy atom. The van der Waals surface area contributed by atoms with Crippen LogP contribution >= 0.6 is 0 Å². The molecule has 2 aromatic carbocycles. The van der Waals surface area contributed by atoms with Crippen molar-refractivity contribution in [1.29, 1.82) is 0 Å². The Balaban J connectivity index is 1.87. The Hall–Kier alpha value is -2.53. The number of aliphatic hydroxyl groups is 1. The molecule has 5 nitrogen and oxygen atoms in total. The van der Waals surface area contributed by atoms with Gasteiger partial charge in [-0.3, -0.25) is 4.79 Å². The first-order valence-corrected chi connectivity index (χ1v) is 7.90. The van der Waals surface area contributed by atoms with Gasteiger partial charge in [0.25, 0.3) is 5.91 Å². The second-order valence-corrected chi connectivity index (χ2v) is 5.84. The molecular weight excluding hydrogens is 304 g/mol. The molecule has 2 N–H and O–H groups in total. The maximum atomic E-state index is 12.2. The van der Waals surface area contributed by atoms with Crippen molar-refractivity contribution < 1.29 is 14.6 Å². The molecule has 2 aromatic rings. The van der Waals surface area contributed by atoms with Crippen molar-refractivity contribution >= 4 is 11.6 Å². The molecule has 1 atom stereocenters. The van der Waals surface area contributed by atoms with Crippen molar-refractivity contribution in [2.24, 2.45) is 0 Å². The number of carbonyl (C=O) groups is 1. The highest BCUT2D eigenvalue weighted by atomic mass is 16.5. The minimum absolute atomic E-state index is 0.0548. The molecule has 5 heteroatoms. The van der Waals surface area contributed by atoms with E-state index in [0.717, 1.165) is 16.8 Å². The first kappa shape index (κ1) is 17.8. The normalized spacial score (nSPS) is 11.7. The molecular formula is C19H24N2O3. The van der Waals surface area contributed by atoms with Crippen LogP contribution in [0.3, 0.4) is 0 Å². The number of aliphatic hydroxyl groups excluding tert-OH is 1. The standard InChI is InChI=1S/C19H24N2O3/c1-14(24-18-6-4-5-16(11-18)13-22)19(23)20-12-15-7-9-17(10-8-15)21(2)3/h4-11,14,22H,12-13H2,1-3H3,(H,20,23). The van der Waals surface area contributed by atoms with Gasteiger partial charge in [0.1, 0.15) is 5.75 Å². The third-order valence-electron chi connectivity index (χ3n) is 3.68. The highest BCUT2D eigenvalue weighted by Gasteiger charge is 2.14. The first-order valence-electron chi connectivity index (χ1n) is 7.90. The molecule has 0 aliphatic heterocycles. The Kier molecular flexibility index (Phi) is 6.21. The van der Waals surface area contributed by atoms with Crippen molar-refractivity contribution in [1.82, 2.24) is 5.32 Å². The Morgan fingerprint density at radius 1 is 1.17 bits per heavy atom. The third kappa shape index (κ3) is 4.99. The smallest absolute Gasteiger partial charge is 0.261 e. The van der Waals surface area contributed by atoms with Gasteiger partial charge < -0.3 is 20.1 Å². The van der Waals surface area contributed by atoms with Gasteiger partial charge >= 0.3 is 0 Å². The molecule has 0 bridgehead atoms. The molecule has 0 radical (unpaired) electrons. The second-order valence-electron chi connectivity index (χ2n) is 5.84. The lowest BCUT2D eigenvalue weighted by atomic mass is 10.2. The summed E-state index contributed by atoms with van der Waals surface area (Å²) in [6, 6.07) is 15.1. The van der Waals surface area contributed by atoms with Gasteiger partial charge in [0.05, 0.1) is 6.61 Å². The van der Waals surface area contributed by atoms with Gasteiger partial charge in [-0.25, -0.2) is 0 Å². The predicted molar refractivity (Wildman–Crippen MR) is 95.1 cm³/mol. The van der Waals surface area contributed by atoms with Crippen LogP contribution < -0.4 is 15.0 Å². The first-order chi connectivity index (χ1) is 11.5. The quantitative estimate of drug-likeness (QED) is 0.819. The average molecular weight is 328 g/mol. The SMILES string of the molecule is CC(Oc1cccc(CO)c1)C(=O)NCc1ccc(N(C)C)cc1. The van der Waals surface area contributed by atoms with E-state index in [4.69, 9.17) is 9.84 Å². The lowest BCUT2D eigenvalue weighted by Gasteiger charge is -2.16. The lowest BCUT2D eigenvalue weighted by Crippen LogP contribution is -2.35. The molecule has 1 amide bonds. The molecule has 0 heterocycles. The zero-order valence-corrected chi connectivity index (χ0v) is 14.3. The molecule has 0 saturated heterocycles. The predicted octanol–water partition coefficient (Wildman–Crippen LogP) is 2.33. The van der Waals surface area contributed by atoms with E-state index < -0.39 is 6.10 Å².